The van der Waals surface area contributed by atoms with E-state index in [1.54, 1.807) is 24.3 Å². The number of nitrogens with one attached hydrogen (secondary N) is 2. The van der Waals surface area contributed by atoms with Gasteiger partial charge in [0.25, 0.3) is 5.91 Å². The molecule has 0 saturated heterocycles. The molecule has 1 aromatic carbocycles. The molecule has 0 aliphatic rings. The fourth-order valence-corrected chi connectivity index (χ4v) is 2.05. The summed E-state index contributed by atoms with van der Waals surface area (Å²) in [6.07, 6.45) is 2.31. The third-order valence-corrected chi connectivity index (χ3v) is 3.55. The normalized spacial score (nSPS) is 11.7. The van der Waals surface area contributed by atoms with Crippen LogP contribution in [0.1, 0.15) is 30.8 Å². The summed E-state index contributed by atoms with van der Waals surface area (Å²) in [5.74, 6) is 0.771. The van der Waals surface area contributed by atoms with Crippen molar-refractivity contribution in [2.45, 2.75) is 26.3 Å². The lowest BCUT2D eigenvalue weighted by Crippen LogP contribution is -2.18. The number of carbonyl (C=O) groups excluding carboxylic acids is 1. The molecule has 2 rings (SSSR count). The van der Waals surface area contributed by atoms with Gasteiger partial charge in [-0.05, 0) is 31.5 Å². The molecule has 2 aromatic rings. The number of rotatable bonds is 6. The quantitative estimate of drug-likeness (QED) is 0.844. The van der Waals surface area contributed by atoms with Crippen LogP contribution in [0.15, 0.2) is 30.6 Å². The van der Waals surface area contributed by atoms with E-state index in [1.165, 1.54) is 13.4 Å². The van der Waals surface area contributed by atoms with Crippen molar-refractivity contribution in [2.24, 2.45) is 0 Å². The molecule has 1 atom stereocenters. The number of ether oxygens (including phenoxy) is 1. The van der Waals surface area contributed by atoms with Crippen LogP contribution < -0.4 is 15.4 Å². The molecule has 2 N–H and O–H groups in total. The van der Waals surface area contributed by atoms with Gasteiger partial charge in [0.05, 0.1) is 12.8 Å². The first-order valence-electron chi connectivity index (χ1n) is 7.27. The second-order valence-electron chi connectivity index (χ2n) is 5.04. The largest absolute Gasteiger partial charge is 0.495 e. The van der Waals surface area contributed by atoms with E-state index in [-0.39, 0.29) is 17.6 Å². The molecule has 0 radical (unpaired) electrons. The smallest absolute Gasteiger partial charge is 0.274 e. The molecule has 1 heterocycles. The van der Waals surface area contributed by atoms with E-state index in [0.717, 1.165) is 6.42 Å². The predicted molar refractivity (Wildman–Crippen MR) is 91.4 cm³/mol. The third kappa shape index (κ3) is 4.56. The second-order valence-corrected chi connectivity index (χ2v) is 5.48. The summed E-state index contributed by atoms with van der Waals surface area (Å²) in [6, 6.07) is 6.87. The van der Waals surface area contributed by atoms with E-state index in [2.05, 4.69) is 27.5 Å². The van der Waals surface area contributed by atoms with E-state index in [4.69, 9.17) is 16.3 Å². The highest BCUT2D eigenvalue weighted by atomic mass is 35.5. The highest BCUT2D eigenvalue weighted by molar-refractivity contribution is 6.31. The average Bonchev–Trinajstić information content (AvgIpc) is 2.55. The second kappa shape index (κ2) is 7.78. The molecule has 122 valence electrons. The maximum atomic E-state index is 12.4. The summed E-state index contributed by atoms with van der Waals surface area (Å²) >= 11 is 5.96. The van der Waals surface area contributed by atoms with Gasteiger partial charge in [-0.3, -0.25) is 4.79 Å². The van der Waals surface area contributed by atoms with Gasteiger partial charge < -0.3 is 15.4 Å². The van der Waals surface area contributed by atoms with Gasteiger partial charge in [-0.15, -0.1) is 0 Å². The Bertz CT molecular complexity index is 694. The molecule has 0 aliphatic carbocycles. The Labute approximate surface area is 140 Å². The van der Waals surface area contributed by atoms with Crippen LogP contribution in [0.2, 0.25) is 5.02 Å². The monoisotopic (exact) mass is 334 g/mol. The Morgan fingerprint density at radius 3 is 2.83 bits per heavy atom. The maximum Gasteiger partial charge on any atom is 0.274 e. The van der Waals surface area contributed by atoms with Crippen molar-refractivity contribution in [3.8, 4) is 5.75 Å². The van der Waals surface area contributed by atoms with Gasteiger partial charge in [0.15, 0.2) is 0 Å². The Morgan fingerprint density at radius 2 is 2.13 bits per heavy atom. The van der Waals surface area contributed by atoms with Gasteiger partial charge in [0.1, 0.15) is 23.6 Å². The summed E-state index contributed by atoms with van der Waals surface area (Å²) in [5, 5.41) is 6.45. The van der Waals surface area contributed by atoms with Crippen LogP contribution in [0, 0.1) is 0 Å². The molecule has 1 unspecified atom stereocenters. The van der Waals surface area contributed by atoms with Gasteiger partial charge in [0.2, 0.25) is 0 Å². The van der Waals surface area contributed by atoms with Gasteiger partial charge in [0, 0.05) is 17.1 Å². The SMILES string of the molecule is CCC(C)Nc1cc(C(=O)Nc2cc(Cl)ccc2OC)ncn1. The van der Waals surface area contributed by atoms with E-state index >= 15 is 0 Å². The Kier molecular flexibility index (Phi) is 5.76. The zero-order valence-electron chi connectivity index (χ0n) is 13.3. The number of halogens is 1. The van der Waals surface area contributed by atoms with Crippen LogP contribution in [0.25, 0.3) is 0 Å². The van der Waals surface area contributed by atoms with Crippen LogP contribution in [-0.2, 0) is 0 Å². The van der Waals surface area contributed by atoms with Crippen molar-refractivity contribution in [3.63, 3.8) is 0 Å². The number of nitrogens with zero attached hydrogens (tertiary/aromatic N) is 2. The van der Waals surface area contributed by atoms with Gasteiger partial charge >= 0.3 is 0 Å². The zero-order valence-corrected chi connectivity index (χ0v) is 14.0. The fourth-order valence-electron chi connectivity index (χ4n) is 1.88. The zero-order chi connectivity index (χ0) is 16.8. The molecule has 7 heteroatoms. The predicted octanol–water partition coefficient (Wildman–Crippen LogP) is 3.60. The summed E-state index contributed by atoms with van der Waals surface area (Å²) < 4.78 is 5.21. The first kappa shape index (κ1) is 17.0. The van der Waals surface area contributed by atoms with E-state index in [1.807, 2.05) is 6.92 Å². The lowest BCUT2D eigenvalue weighted by atomic mass is 10.2. The van der Waals surface area contributed by atoms with Gasteiger partial charge in [-0.25, -0.2) is 9.97 Å². The molecule has 0 spiro atoms. The lowest BCUT2D eigenvalue weighted by molar-refractivity contribution is 0.102. The topological polar surface area (TPSA) is 76.1 Å². The van der Waals surface area contributed by atoms with Crippen LogP contribution in [0.5, 0.6) is 5.75 Å². The molecular formula is C16H19ClN4O2. The highest BCUT2D eigenvalue weighted by Crippen LogP contribution is 2.28. The molecule has 23 heavy (non-hydrogen) atoms. The van der Waals surface area contributed by atoms with Crippen molar-refractivity contribution in [1.82, 2.24) is 9.97 Å². The molecular weight excluding hydrogens is 316 g/mol. The Morgan fingerprint density at radius 1 is 1.35 bits per heavy atom. The molecule has 0 fully saturated rings. The van der Waals surface area contributed by atoms with Crippen molar-refractivity contribution in [2.75, 3.05) is 17.7 Å². The van der Waals surface area contributed by atoms with Crippen molar-refractivity contribution < 1.29 is 9.53 Å². The highest BCUT2D eigenvalue weighted by Gasteiger charge is 2.13. The van der Waals surface area contributed by atoms with Gasteiger partial charge in [-0.1, -0.05) is 18.5 Å². The molecule has 0 bridgehead atoms. The first-order valence-corrected chi connectivity index (χ1v) is 7.64. The average molecular weight is 335 g/mol. The van der Waals surface area contributed by atoms with Crippen LogP contribution >= 0.6 is 11.6 Å². The number of aromatic nitrogens is 2. The number of anilines is 2. The molecule has 6 nitrogen and oxygen atoms in total. The minimum atomic E-state index is -0.361. The third-order valence-electron chi connectivity index (χ3n) is 3.32. The molecule has 0 aliphatic heterocycles. The Hall–Kier alpha value is -2.34. The first-order chi connectivity index (χ1) is 11.0. The molecule has 0 saturated carbocycles. The molecule has 1 amide bonds. The summed E-state index contributed by atoms with van der Waals surface area (Å²) in [4.78, 5) is 20.5. The fraction of sp³-hybridized carbons (Fsp3) is 0.312. The minimum Gasteiger partial charge on any atom is -0.495 e. The summed E-state index contributed by atoms with van der Waals surface area (Å²) in [5.41, 5.74) is 0.743. The number of carbonyl (C=O) groups is 1. The van der Waals surface area contributed by atoms with E-state index < -0.39 is 0 Å². The number of hydrogen-bond acceptors (Lipinski definition) is 5. The summed E-state index contributed by atoms with van der Waals surface area (Å²) in [6.45, 7) is 4.11. The van der Waals surface area contributed by atoms with Crippen LogP contribution in [0.4, 0.5) is 11.5 Å². The number of methoxy groups -OCH3 is 1. The van der Waals surface area contributed by atoms with E-state index in [0.29, 0.717) is 22.3 Å². The maximum absolute atomic E-state index is 12.4. The number of amides is 1. The van der Waals surface area contributed by atoms with Gasteiger partial charge in [-0.2, -0.15) is 0 Å². The van der Waals surface area contributed by atoms with Crippen molar-refractivity contribution in [3.05, 3.63) is 41.3 Å². The van der Waals surface area contributed by atoms with Crippen LogP contribution in [-0.4, -0.2) is 29.0 Å². The lowest BCUT2D eigenvalue weighted by Gasteiger charge is -2.13. The van der Waals surface area contributed by atoms with Crippen molar-refractivity contribution >= 4 is 29.0 Å². The number of hydrogen-bond donors (Lipinski definition) is 2. The van der Waals surface area contributed by atoms with Crippen molar-refractivity contribution in [1.29, 1.82) is 0 Å². The standard InChI is InChI=1S/C16H19ClN4O2/c1-4-10(2)20-15-8-13(18-9-19-15)16(22)21-12-7-11(17)5-6-14(12)23-3/h5-10H,4H2,1-3H3,(H,21,22)(H,18,19,20). The Balaban J connectivity index is 2.18. The number of benzene rings is 1. The summed E-state index contributed by atoms with van der Waals surface area (Å²) in [7, 11) is 1.53. The van der Waals surface area contributed by atoms with E-state index in [9.17, 15) is 4.79 Å². The minimum absolute atomic E-state index is 0.257. The molecule has 1 aromatic heterocycles. The van der Waals surface area contributed by atoms with Crippen LogP contribution in [0.3, 0.4) is 0 Å².